The van der Waals surface area contributed by atoms with Gasteiger partial charge in [-0.2, -0.15) is 0 Å². The molecule has 0 radical (unpaired) electrons. The van der Waals surface area contributed by atoms with Crippen LogP contribution in [0.3, 0.4) is 0 Å². The molecule has 1 aromatic rings. The van der Waals surface area contributed by atoms with Crippen molar-refractivity contribution in [2.75, 3.05) is 0 Å². The van der Waals surface area contributed by atoms with Gasteiger partial charge in [0.15, 0.2) is 5.11 Å². The number of halogens is 1. The summed E-state index contributed by atoms with van der Waals surface area (Å²) in [6.45, 7) is 2.35. The Morgan fingerprint density at radius 2 is 2.06 bits per heavy atom. The summed E-state index contributed by atoms with van der Waals surface area (Å²) < 4.78 is 1.03. The number of hydrogen-bond donors (Lipinski definition) is 1. The molecule has 0 unspecified atom stereocenters. The SMILES string of the molecule is C[C@H]1NC(=S)N(Cc2ccc(Br)cc2)C1=O. The summed E-state index contributed by atoms with van der Waals surface area (Å²) in [5.74, 6) is 0.0351. The topological polar surface area (TPSA) is 32.3 Å². The maximum Gasteiger partial charge on any atom is 0.251 e. The Morgan fingerprint density at radius 3 is 2.56 bits per heavy atom. The van der Waals surface area contributed by atoms with E-state index in [-0.39, 0.29) is 11.9 Å². The standard InChI is InChI=1S/C11H11BrN2OS/c1-7-10(15)14(11(16)13-7)6-8-2-4-9(12)5-3-8/h2-5,7H,6H2,1H3,(H,13,16)/t7-/m1/s1. The number of amides is 1. The van der Waals surface area contributed by atoms with Crippen LogP contribution in [-0.2, 0) is 11.3 Å². The lowest BCUT2D eigenvalue weighted by molar-refractivity contribution is -0.127. The fourth-order valence-electron chi connectivity index (χ4n) is 1.58. The highest BCUT2D eigenvalue weighted by atomic mass is 79.9. The molecule has 1 saturated heterocycles. The van der Waals surface area contributed by atoms with Gasteiger partial charge in [-0.3, -0.25) is 9.69 Å². The van der Waals surface area contributed by atoms with Gasteiger partial charge in [0.05, 0.1) is 6.54 Å². The van der Waals surface area contributed by atoms with Gasteiger partial charge < -0.3 is 5.32 Å². The number of carbonyl (C=O) groups is 1. The van der Waals surface area contributed by atoms with Crippen molar-refractivity contribution >= 4 is 39.2 Å². The molecule has 1 aliphatic heterocycles. The van der Waals surface area contributed by atoms with Gasteiger partial charge in [-0.25, -0.2) is 0 Å². The molecule has 1 aliphatic rings. The molecule has 0 aromatic heterocycles. The lowest BCUT2D eigenvalue weighted by Crippen LogP contribution is -2.30. The van der Waals surface area contributed by atoms with Crippen molar-refractivity contribution in [2.24, 2.45) is 0 Å². The zero-order valence-corrected chi connectivity index (χ0v) is 11.1. The minimum absolute atomic E-state index is 0.0351. The summed E-state index contributed by atoms with van der Waals surface area (Å²) in [7, 11) is 0. The Labute approximate surface area is 108 Å². The number of rotatable bonds is 2. The summed E-state index contributed by atoms with van der Waals surface area (Å²) in [6.07, 6.45) is 0. The van der Waals surface area contributed by atoms with Gasteiger partial charge in [-0.1, -0.05) is 28.1 Å². The van der Waals surface area contributed by atoms with Crippen LogP contribution in [0.15, 0.2) is 28.7 Å². The fraction of sp³-hybridized carbons (Fsp3) is 0.273. The summed E-state index contributed by atoms with van der Waals surface area (Å²) in [4.78, 5) is 13.4. The zero-order chi connectivity index (χ0) is 11.7. The molecule has 3 nitrogen and oxygen atoms in total. The van der Waals surface area contributed by atoms with E-state index in [0.29, 0.717) is 11.7 Å². The van der Waals surface area contributed by atoms with E-state index in [2.05, 4.69) is 21.2 Å². The van der Waals surface area contributed by atoms with E-state index < -0.39 is 0 Å². The molecule has 5 heteroatoms. The quantitative estimate of drug-likeness (QED) is 0.848. The summed E-state index contributed by atoms with van der Waals surface area (Å²) in [6, 6.07) is 7.65. The molecule has 1 atom stereocenters. The number of nitrogens with zero attached hydrogens (tertiary/aromatic N) is 1. The first kappa shape index (κ1) is 11.5. The van der Waals surface area contributed by atoms with E-state index >= 15 is 0 Å². The van der Waals surface area contributed by atoms with Gasteiger partial charge in [-0.15, -0.1) is 0 Å². The third-order valence-electron chi connectivity index (χ3n) is 2.48. The third-order valence-corrected chi connectivity index (χ3v) is 3.34. The van der Waals surface area contributed by atoms with Crippen LogP contribution < -0.4 is 5.32 Å². The van der Waals surface area contributed by atoms with Gasteiger partial charge in [-0.05, 0) is 36.8 Å². The van der Waals surface area contributed by atoms with Crippen molar-refractivity contribution in [3.63, 3.8) is 0 Å². The predicted octanol–water partition coefficient (Wildman–Crippen LogP) is 2.05. The van der Waals surface area contributed by atoms with Crippen molar-refractivity contribution < 1.29 is 4.79 Å². The Bertz CT molecular complexity index is 432. The van der Waals surface area contributed by atoms with Gasteiger partial charge in [0.25, 0.3) is 5.91 Å². The van der Waals surface area contributed by atoms with E-state index in [1.54, 1.807) is 4.90 Å². The Hall–Kier alpha value is -0.940. The molecule has 1 fully saturated rings. The maximum atomic E-state index is 11.8. The second-order valence-corrected chi connectivity index (χ2v) is 5.02. The molecule has 1 heterocycles. The number of nitrogens with one attached hydrogen (secondary N) is 1. The summed E-state index contributed by atoms with van der Waals surface area (Å²) in [5.41, 5.74) is 1.06. The molecule has 0 bridgehead atoms. The highest BCUT2D eigenvalue weighted by Gasteiger charge is 2.31. The van der Waals surface area contributed by atoms with Gasteiger partial charge >= 0.3 is 0 Å². The van der Waals surface area contributed by atoms with Crippen LogP contribution in [0.5, 0.6) is 0 Å². The molecular weight excluding hydrogens is 288 g/mol. The number of hydrogen-bond acceptors (Lipinski definition) is 2. The Kier molecular flexibility index (Phi) is 3.25. The van der Waals surface area contributed by atoms with Crippen molar-refractivity contribution in [3.05, 3.63) is 34.3 Å². The highest BCUT2D eigenvalue weighted by Crippen LogP contribution is 2.15. The number of benzene rings is 1. The number of carbonyl (C=O) groups excluding carboxylic acids is 1. The molecule has 0 spiro atoms. The van der Waals surface area contributed by atoms with Crippen LogP contribution >= 0.6 is 28.1 Å². The van der Waals surface area contributed by atoms with Crippen LogP contribution in [0.4, 0.5) is 0 Å². The second-order valence-electron chi connectivity index (χ2n) is 3.72. The summed E-state index contributed by atoms with van der Waals surface area (Å²) in [5, 5.41) is 3.46. The Morgan fingerprint density at radius 1 is 1.44 bits per heavy atom. The van der Waals surface area contributed by atoms with Crippen LogP contribution in [0.2, 0.25) is 0 Å². The first-order valence-corrected chi connectivity index (χ1v) is 6.14. The molecule has 1 N–H and O–H groups in total. The van der Waals surface area contributed by atoms with Crippen molar-refractivity contribution in [1.82, 2.24) is 10.2 Å². The average Bonchev–Trinajstić information content (AvgIpc) is 2.48. The van der Waals surface area contributed by atoms with Crippen LogP contribution in [0.1, 0.15) is 12.5 Å². The number of thiocarbonyl (C=S) groups is 1. The van der Waals surface area contributed by atoms with E-state index in [0.717, 1.165) is 10.0 Å². The maximum absolute atomic E-state index is 11.8. The molecule has 1 amide bonds. The van der Waals surface area contributed by atoms with Crippen LogP contribution in [0.25, 0.3) is 0 Å². The summed E-state index contributed by atoms with van der Waals surface area (Å²) >= 11 is 8.48. The first-order valence-electron chi connectivity index (χ1n) is 4.94. The molecular formula is C11H11BrN2OS. The normalized spacial score (nSPS) is 20.1. The zero-order valence-electron chi connectivity index (χ0n) is 8.74. The van der Waals surface area contributed by atoms with Crippen LogP contribution in [-0.4, -0.2) is 22.0 Å². The molecule has 1 aromatic carbocycles. The second kappa shape index (κ2) is 4.51. The fourth-order valence-corrected chi connectivity index (χ4v) is 2.18. The van der Waals surface area contributed by atoms with Crippen LogP contribution in [0, 0.1) is 0 Å². The van der Waals surface area contributed by atoms with E-state index in [4.69, 9.17) is 12.2 Å². The van der Waals surface area contributed by atoms with Crippen molar-refractivity contribution in [3.8, 4) is 0 Å². The van der Waals surface area contributed by atoms with E-state index in [1.165, 1.54) is 0 Å². The monoisotopic (exact) mass is 298 g/mol. The first-order chi connectivity index (χ1) is 7.58. The van der Waals surface area contributed by atoms with Gasteiger partial charge in [0, 0.05) is 4.47 Å². The molecule has 2 rings (SSSR count). The van der Waals surface area contributed by atoms with E-state index in [1.807, 2.05) is 31.2 Å². The Balaban J connectivity index is 2.13. The minimum atomic E-state index is -0.206. The predicted molar refractivity (Wildman–Crippen MR) is 69.9 cm³/mol. The molecule has 84 valence electrons. The average molecular weight is 299 g/mol. The van der Waals surface area contributed by atoms with Crippen molar-refractivity contribution in [2.45, 2.75) is 19.5 Å². The lowest BCUT2D eigenvalue weighted by atomic mass is 10.2. The minimum Gasteiger partial charge on any atom is -0.351 e. The van der Waals surface area contributed by atoms with Gasteiger partial charge in [0.2, 0.25) is 0 Å². The molecule has 0 saturated carbocycles. The smallest absolute Gasteiger partial charge is 0.251 e. The molecule has 0 aliphatic carbocycles. The van der Waals surface area contributed by atoms with Crippen molar-refractivity contribution in [1.29, 1.82) is 0 Å². The lowest BCUT2D eigenvalue weighted by Gasteiger charge is -2.14. The van der Waals surface area contributed by atoms with Gasteiger partial charge in [0.1, 0.15) is 6.04 Å². The molecule has 16 heavy (non-hydrogen) atoms. The third kappa shape index (κ3) is 2.25. The largest absolute Gasteiger partial charge is 0.351 e. The van der Waals surface area contributed by atoms with E-state index in [9.17, 15) is 4.79 Å². The highest BCUT2D eigenvalue weighted by molar-refractivity contribution is 9.10.